The molecule has 2 fully saturated rings. The van der Waals surface area contributed by atoms with Gasteiger partial charge in [0.15, 0.2) is 11.2 Å². The van der Waals surface area contributed by atoms with E-state index in [1.54, 1.807) is 0 Å². The van der Waals surface area contributed by atoms with Crippen LogP contribution in [0.25, 0.3) is 22.2 Å². The molecule has 4 atom stereocenters. The quantitative estimate of drug-likeness (QED) is 0.151. The molecule has 8 rings (SSSR count). The minimum Gasteiger partial charge on any atom is -0.438 e. The number of likely N-dealkylation sites (tertiary alicyclic amines) is 2. The third-order valence-corrected chi connectivity index (χ3v) is 10.5. The Morgan fingerprint density at radius 1 is 0.630 bits per heavy atom. The zero-order chi connectivity index (χ0) is 37.3. The lowest BCUT2D eigenvalue weighted by atomic mass is 10.0. The summed E-state index contributed by atoms with van der Waals surface area (Å²) in [5.74, 6) is 7.73. The van der Waals surface area contributed by atoms with E-state index in [1.807, 2.05) is 145 Å². The summed E-state index contributed by atoms with van der Waals surface area (Å²) >= 11 is 0. The van der Waals surface area contributed by atoms with Crippen LogP contribution in [0, 0.1) is 11.8 Å². The molecule has 10 nitrogen and oxygen atoms in total. The molecule has 0 saturated carbocycles. The zero-order valence-corrected chi connectivity index (χ0v) is 31.1. The average Bonchev–Trinajstić information content (AvgIpc) is 3.99. The summed E-state index contributed by atoms with van der Waals surface area (Å²) in [5, 5.41) is 0. The minimum atomic E-state index is -0.386. The van der Waals surface area contributed by atoms with Crippen LogP contribution in [0.4, 0.5) is 0 Å². The molecule has 2 aliphatic rings. The van der Waals surface area contributed by atoms with E-state index in [9.17, 15) is 9.59 Å². The number of aromatic nitrogens is 2. The largest absolute Gasteiger partial charge is 0.438 e. The zero-order valence-electron chi connectivity index (χ0n) is 31.1. The summed E-state index contributed by atoms with van der Waals surface area (Å²) < 4.78 is 12.6. The van der Waals surface area contributed by atoms with Crippen LogP contribution in [-0.4, -0.2) is 82.7 Å². The van der Waals surface area contributed by atoms with Crippen LogP contribution in [0.1, 0.15) is 83.9 Å². The molecule has 0 bridgehead atoms. The van der Waals surface area contributed by atoms with Crippen LogP contribution in [0.15, 0.2) is 106 Å². The summed E-state index contributed by atoms with van der Waals surface area (Å²) in [7, 11) is 7.74. The number of likely N-dealkylation sites (N-methyl/N-ethyl adjacent to an activating group) is 2. The predicted octanol–water partition coefficient (Wildman–Crippen LogP) is 7.30. The van der Waals surface area contributed by atoms with Crippen LogP contribution in [0.2, 0.25) is 0 Å². The molecule has 0 spiro atoms. The van der Waals surface area contributed by atoms with Gasteiger partial charge < -0.3 is 18.6 Å². The van der Waals surface area contributed by atoms with Crippen LogP contribution >= 0.6 is 0 Å². The van der Waals surface area contributed by atoms with Crippen molar-refractivity contribution in [1.29, 1.82) is 0 Å². The van der Waals surface area contributed by atoms with E-state index >= 15 is 0 Å². The van der Waals surface area contributed by atoms with E-state index in [0.717, 1.165) is 59.0 Å². The van der Waals surface area contributed by atoms with Crippen LogP contribution < -0.4 is 0 Å². The lowest BCUT2D eigenvalue weighted by Crippen LogP contribution is -2.40. The van der Waals surface area contributed by atoms with Gasteiger partial charge in [0.2, 0.25) is 23.6 Å². The summed E-state index contributed by atoms with van der Waals surface area (Å²) in [6, 6.07) is 30.1. The van der Waals surface area contributed by atoms with Gasteiger partial charge >= 0.3 is 0 Å². The lowest BCUT2D eigenvalue weighted by Gasteiger charge is -2.31. The number of oxazole rings is 2. The average molecular weight is 721 g/mol. The molecule has 274 valence electrons. The maximum atomic E-state index is 13.9. The van der Waals surface area contributed by atoms with E-state index in [2.05, 4.69) is 11.8 Å². The number of rotatable bonds is 8. The van der Waals surface area contributed by atoms with Crippen molar-refractivity contribution < 1.29 is 18.4 Å². The molecule has 4 aromatic carbocycles. The first-order valence-corrected chi connectivity index (χ1v) is 18.6. The number of benzene rings is 4. The van der Waals surface area contributed by atoms with Gasteiger partial charge in [-0.1, -0.05) is 72.5 Å². The van der Waals surface area contributed by atoms with E-state index in [4.69, 9.17) is 18.8 Å². The summed E-state index contributed by atoms with van der Waals surface area (Å²) in [5.41, 5.74) is 6.24. The Labute approximate surface area is 315 Å². The summed E-state index contributed by atoms with van der Waals surface area (Å²) in [6.45, 7) is 1.32. The molecule has 54 heavy (non-hydrogen) atoms. The molecular formula is C44H44N6O4. The van der Waals surface area contributed by atoms with E-state index in [1.165, 1.54) is 0 Å². The fourth-order valence-corrected chi connectivity index (χ4v) is 7.95. The first kappa shape index (κ1) is 35.3. The molecule has 0 radical (unpaired) electrons. The van der Waals surface area contributed by atoms with E-state index < -0.39 is 0 Å². The third-order valence-electron chi connectivity index (χ3n) is 10.5. The SMILES string of the molecule is CN(C)[C@@H](C(=O)N1CCC[C@H]1c1nc2ccc(C#Cc3ccc4nc([C@@H]5CCCN5C(=O)[C@@H](c5ccccc5)N(C)C)oc4c3)cc2o1)c1ccccc1. The minimum absolute atomic E-state index is 0.0495. The predicted molar refractivity (Wildman–Crippen MR) is 207 cm³/mol. The summed E-state index contributed by atoms with van der Waals surface area (Å²) in [4.78, 5) is 45.2. The monoisotopic (exact) mass is 720 g/mol. The maximum absolute atomic E-state index is 13.9. The highest BCUT2D eigenvalue weighted by atomic mass is 16.4. The number of carbonyl (C=O) groups excluding carboxylic acids is 2. The Hall–Kier alpha value is -5.76. The highest BCUT2D eigenvalue weighted by Crippen LogP contribution is 2.38. The maximum Gasteiger partial charge on any atom is 0.245 e. The van der Waals surface area contributed by atoms with Gasteiger partial charge in [-0.3, -0.25) is 19.4 Å². The topological polar surface area (TPSA) is 99.2 Å². The van der Waals surface area contributed by atoms with Crippen molar-refractivity contribution >= 4 is 34.0 Å². The highest BCUT2D eigenvalue weighted by molar-refractivity contribution is 5.85. The number of hydrogen-bond acceptors (Lipinski definition) is 8. The van der Waals surface area contributed by atoms with Crippen molar-refractivity contribution in [3.8, 4) is 11.8 Å². The summed E-state index contributed by atoms with van der Waals surface area (Å²) in [6.07, 6.45) is 3.37. The fraction of sp³-hybridized carbons (Fsp3) is 0.318. The Kier molecular flexibility index (Phi) is 9.76. The van der Waals surface area contributed by atoms with Gasteiger partial charge in [-0.15, -0.1) is 0 Å². The van der Waals surface area contributed by atoms with Gasteiger partial charge in [0.25, 0.3) is 0 Å². The normalized spacial score (nSPS) is 18.4. The fourth-order valence-electron chi connectivity index (χ4n) is 7.95. The van der Waals surface area contributed by atoms with Crippen molar-refractivity contribution in [2.45, 2.75) is 49.9 Å². The molecule has 4 heterocycles. The molecule has 0 unspecified atom stereocenters. The van der Waals surface area contributed by atoms with Crippen molar-refractivity contribution in [2.75, 3.05) is 41.3 Å². The van der Waals surface area contributed by atoms with Gasteiger partial charge in [0.1, 0.15) is 35.2 Å². The van der Waals surface area contributed by atoms with Crippen molar-refractivity contribution in [2.24, 2.45) is 0 Å². The first-order chi connectivity index (χ1) is 26.2. The number of hydrogen-bond donors (Lipinski definition) is 0. The molecule has 2 aromatic heterocycles. The third kappa shape index (κ3) is 6.89. The van der Waals surface area contributed by atoms with Gasteiger partial charge in [-0.05, 0) is 101 Å². The van der Waals surface area contributed by atoms with Crippen molar-refractivity contribution in [1.82, 2.24) is 29.6 Å². The molecular weight excluding hydrogens is 677 g/mol. The van der Waals surface area contributed by atoms with E-state index in [-0.39, 0.29) is 36.0 Å². The Bertz CT molecular complexity index is 2190. The second kappa shape index (κ2) is 14.9. The van der Waals surface area contributed by atoms with Crippen LogP contribution in [-0.2, 0) is 9.59 Å². The standard InChI is InChI=1S/C44H44N6O4/c1-47(2)39(31-13-7-5-8-14-31)43(51)49-25-11-17-35(49)41-45-33-23-21-29(27-37(33)53-41)19-20-30-22-24-34-38(28-30)54-42(46-34)36-18-12-26-50(36)44(52)40(48(3)4)32-15-9-6-10-16-32/h5-10,13-16,21-24,27-28,35-36,39-40H,11-12,17-18,25-26H2,1-4H3/t35-,36-,39+,40+/m0/s1. The highest BCUT2D eigenvalue weighted by Gasteiger charge is 2.39. The van der Waals surface area contributed by atoms with E-state index in [0.29, 0.717) is 36.0 Å². The Balaban J connectivity index is 0.992. The van der Waals surface area contributed by atoms with Crippen LogP contribution in [0.3, 0.4) is 0 Å². The van der Waals surface area contributed by atoms with Gasteiger partial charge in [-0.2, -0.15) is 0 Å². The van der Waals surface area contributed by atoms with Gasteiger partial charge in [0.05, 0.1) is 0 Å². The molecule has 2 saturated heterocycles. The Morgan fingerprint density at radius 2 is 1.04 bits per heavy atom. The number of carbonyl (C=O) groups is 2. The van der Waals surface area contributed by atoms with Crippen LogP contribution in [0.5, 0.6) is 0 Å². The molecule has 6 aromatic rings. The first-order valence-electron chi connectivity index (χ1n) is 18.6. The Morgan fingerprint density at radius 3 is 1.43 bits per heavy atom. The van der Waals surface area contributed by atoms with Gasteiger partial charge in [-0.25, -0.2) is 9.97 Å². The molecule has 0 aliphatic carbocycles. The number of nitrogens with zero attached hydrogens (tertiary/aromatic N) is 6. The molecule has 2 aliphatic heterocycles. The molecule has 0 N–H and O–H groups in total. The second-order valence-corrected chi connectivity index (χ2v) is 14.7. The molecule has 2 amide bonds. The second-order valence-electron chi connectivity index (χ2n) is 14.7. The number of fused-ring (bicyclic) bond motifs is 2. The smallest absolute Gasteiger partial charge is 0.245 e. The van der Waals surface area contributed by atoms with Crippen molar-refractivity contribution in [3.05, 3.63) is 131 Å². The molecule has 10 heteroatoms. The van der Waals surface area contributed by atoms with Crippen molar-refractivity contribution in [3.63, 3.8) is 0 Å². The number of amides is 2. The van der Waals surface area contributed by atoms with Gasteiger partial charge in [0, 0.05) is 24.2 Å². The lowest BCUT2D eigenvalue weighted by molar-refractivity contribution is -0.138.